The first kappa shape index (κ1) is 10.7. The molecule has 0 fully saturated rings. The summed E-state index contributed by atoms with van der Waals surface area (Å²) in [6.45, 7) is 4.28. The van der Waals surface area contributed by atoms with Gasteiger partial charge in [0, 0.05) is 12.0 Å². The van der Waals surface area contributed by atoms with E-state index in [1.807, 2.05) is 26.0 Å². The molecule has 0 aliphatic heterocycles. The van der Waals surface area contributed by atoms with Crippen LogP contribution in [0, 0.1) is 5.41 Å². The Morgan fingerprint density at radius 3 is 2.36 bits per heavy atom. The normalized spacial score (nSPS) is 17.1. The molecule has 0 saturated carbocycles. The number of aliphatic hydroxyl groups excluding tert-OH is 2. The smallest absolute Gasteiger partial charge is 0.0519 e. The van der Waals surface area contributed by atoms with Crippen molar-refractivity contribution in [2.45, 2.75) is 26.7 Å². The van der Waals surface area contributed by atoms with Gasteiger partial charge in [-0.05, 0) is 19.8 Å². The third-order valence-electron chi connectivity index (χ3n) is 1.84. The van der Waals surface area contributed by atoms with E-state index in [9.17, 15) is 0 Å². The molecule has 0 unspecified atom stereocenters. The number of rotatable bonds is 5. The minimum atomic E-state index is -0.141. The Labute approximate surface area is 68.6 Å². The molecule has 0 aliphatic rings. The van der Waals surface area contributed by atoms with Crippen LogP contribution in [-0.4, -0.2) is 23.4 Å². The maximum Gasteiger partial charge on any atom is 0.0519 e. The molecule has 11 heavy (non-hydrogen) atoms. The molecule has 0 heterocycles. The summed E-state index contributed by atoms with van der Waals surface area (Å²) < 4.78 is 0. The first-order valence-electron chi connectivity index (χ1n) is 4.04. The van der Waals surface area contributed by atoms with E-state index in [2.05, 4.69) is 0 Å². The van der Waals surface area contributed by atoms with Crippen molar-refractivity contribution in [1.82, 2.24) is 0 Å². The highest BCUT2D eigenvalue weighted by Gasteiger charge is 2.17. The van der Waals surface area contributed by atoms with Crippen molar-refractivity contribution in [3.8, 4) is 0 Å². The molecule has 0 bridgehead atoms. The van der Waals surface area contributed by atoms with Crippen molar-refractivity contribution in [2.75, 3.05) is 13.2 Å². The van der Waals surface area contributed by atoms with Crippen LogP contribution in [0.1, 0.15) is 26.7 Å². The highest BCUT2D eigenvalue weighted by atomic mass is 16.3. The molecule has 0 aromatic heterocycles. The molecule has 0 spiro atoms. The molecule has 0 aromatic rings. The van der Waals surface area contributed by atoms with Crippen molar-refractivity contribution in [2.24, 2.45) is 5.41 Å². The van der Waals surface area contributed by atoms with E-state index >= 15 is 0 Å². The van der Waals surface area contributed by atoms with Crippen molar-refractivity contribution in [1.29, 1.82) is 0 Å². The van der Waals surface area contributed by atoms with Gasteiger partial charge >= 0.3 is 0 Å². The quantitative estimate of drug-likeness (QED) is 0.593. The zero-order chi connectivity index (χ0) is 8.74. The molecule has 66 valence electrons. The fourth-order valence-corrected chi connectivity index (χ4v) is 1.10. The summed E-state index contributed by atoms with van der Waals surface area (Å²) in [6.07, 6.45) is 5.52. The van der Waals surface area contributed by atoms with Gasteiger partial charge in [-0.2, -0.15) is 0 Å². The molecule has 2 heteroatoms. The standard InChI is InChI=1S/C9H18O2/c1-3-5-9(2,8-11)6-4-7-10/h3,5,10-11H,4,6-8H2,1-2H3/b5-3+/t9-/m0/s1. The molecule has 0 rings (SSSR count). The summed E-state index contributed by atoms with van der Waals surface area (Å²) in [4.78, 5) is 0. The minimum Gasteiger partial charge on any atom is -0.396 e. The zero-order valence-electron chi connectivity index (χ0n) is 7.38. The second-order valence-corrected chi connectivity index (χ2v) is 3.14. The first-order chi connectivity index (χ1) is 5.18. The summed E-state index contributed by atoms with van der Waals surface area (Å²) >= 11 is 0. The van der Waals surface area contributed by atoms with E-state index in [1.54, 1.807) is 0 Å². The second-order valence-electron chi connectivity index (χ2n) is 3.14. The highest BCUT2D eigenvalue weighted by molar-refractivity contribution is 4.95. The number of hydrogen-bond acceptors (Lipinski definition) is 2. The molecule has 0 aromatic carbocycles. The average molecular weight is 158 g/mol. The third-order valence-corrected chi connectivity index (χ3v) is 1.84. The Balaban J connectivity index is 3.88. The summed E-state index contributed by atoms with van der Waals surface area (Å²) in [5.41, 5.74) is -0.141. The van der Waals surface area contributed by atoms with Crippen LogP contribution in [0.5, 0.6) is 0 Å². The maximum atomic E-state index is 9.01. The van der Waals surface area contributed by atoms with Gasteiger partial charge < -0.3 is 10.2 Å². The predicted octanol–water partition coefficient (Wildman–Crippen LogP) is 1.33. The fraction of sp³-hybridized carbons (Fsp3) is 0.778. The predicted molar refractivity (Wildman–Crippen MR) is 46.3 cm³/mol. The monoisotopic (exact) mass is 158 g/mol. The Morgan fingerprint density at radius 1 is 1.36 bits per heavy atom. The highest BCUT2D eigenvalue weighted by Crippen LogP contribution is 2.23. The van der Waals surface area contributed by atoms with Gasteiger partial charge in [-0.1, -0.05) is 19.1 Å². The van der Waals surface area contributed by atoms with E-state index < -0.39 is 0 Å². The van der Waals surface area contributed by atoms with E-state index in [4.69, 9.17) is 10.2 Å². The lowest BCUT2D eigenvalue weighted by molar-refractivity contribution is 0.161. The molecule has 2 nitrogen and oxygen atoms in total. The van der Waals surface area contributed by atoms with E-state index in [1.165, 1.54) is 0 Å². The Kier molecular flexibility index (Phi) is 5.16. The van der Waals surface area contributed by atoms with Gasteiger partial charge in [0.1, 0.15) is 0 Å². The lowest BCUT2D eigenvalue weighted by atomic mass is 9.86. The molecule has 2 N–H and O–H groups in total. The summed E-state index contributed by atoms with van der Waals surface area (Å²) in [6, 6.07) is 0. The summed E-state index contributed by atoms with van der Waals surface area (Å²) in [5, 5.41) is 17.6. The average Bonchev–Trinajstić information content (AvgIpc) is 2.02. The van der Waals surface area contributed by atoms with Crippen molar-refractivity contribution < 1.29 is 10.2 Å². The minimum absolute atomic E-state index is 0.141. The molecule has 0 saturated heterocycles. The number of hydrogen-bond donors (Lipinski definition) is 2. The van der Waals surface area contributed by atoms with Crippen LogP contribution in [0.25, 0.3) is 0 Å². The maximum absolute atomic E-state index is 9.01. The van der Waals surface area contributed by atoms with Crippen LogP contribution in [0.15, 0.2) is 12.2 Å². The fourth-order valence-electron chi connectivity index (χ4n) is 1.10. The van der Waals surface area contributed by atoms with Crippen molar-refractivity contribution >= 4 is 0 Å². The molecule has 1 atom stereocenters. The van der Waals surface area contributed by atoms with Crippen LogP contribution in [0.3, 0.4) is 0 Å². The second kappa shape index (κ2) is 5.33. The molecule has 0 radical (unpaired) electrons. The van der Waals surface area contributed by atoms with Crippen molar-refractivity contribution in [3.05, 3.63) is 12.2 Å². The lowest BCUT2D eigenvalue weighted by Crippen LogP contribution is -2.18. The molecular formula is C9H18O2. The Morgan fingerprint density at radius 2 is 2.00 bits per heavy atom. The molecular weight excluding hydrogens is 140 g/mol. The van der Waals surface area contributed by atoms with Gasteiger partial charge in [0.05, 0.1) is 6.61 Å². The van der Waals surface area contributed by atoms with Crippen LogP contribution in [0.4, 0.5) is 0 Å². The Hall–Kier alpha value is -0.340. The van der Waals surface area contributed by atoms with Crippen LogP contribution in [-0.2, 0) is 0 Å². The number of allylic oxidation sites excluding steroid dienone is 1. The van der Waals surface area contributed by atoms with Gasteiger partial charge in [-0.15, -0.1) is 0 Å². The largest absolute Gasteiger partial charge is 0.396 e. The topological polar surface area (TPSA) is 40.5 Å². The van der Waals surface area contributed by atoms with Gasteiger partial charge in [0.25, 0.3) is 0 Å². The van der Waals surface area contributed by atoms with Gasteiger partial charge in [-0.25, -0.2) is 0 Å². The van der Waals surface area contributed by atoms with Crippen LogP contribution < -0.4 is 0 Å². The summed E-state index contributed by atoms with van der Waals surface area (Å²) in [5.74, 6) is 0. The molecule has 0 aliphatic carbocycles. The van der Waals surface area contributed by atoms with Crippen LogP contribution in [0.2, 0.25) is 0 Å². The molecule has 0 amide bonds. The van der Waals surface area contributed by atoms with Crippen LogP contribution >= 0.6 is 0 Å². The van der Waals surface area contributed by atoms with Crippen molar-refractivity contribution in [3.63, 3.8) is 0 Å². The third kappa shape index (κ3) is 4.17. The zero-order valence-corrected chi connectivity index (χ0v) is 7.38. The van der Waals surface area contributed by atoms with Gasteiger partial charge in [-0.3, -0.25) is 0 Å². The lowest BCUT2D eigenvalue weighted by Gasteiger charge is -2.22. The summed E-state index contributed by atoms with van der Waals surface area (Å²) in [7, 11) is 0. The van der Waals surface area contributed by atoms with E-state index in [0.717, 1.165) is 12.8 Å². The number of aliphatic hydroxyl groups is 2. The first-order valence-corrected chi connectivity index (χ1v) is 4.04. The van der Waals surface area contributed by atoms with E-state index in [-0.39, 0.29) is 18.6 Å². The van der Waals surface area contributed by atoms with Gasteiger partial charge in [0.15, 0.2) is 0 Å². The van der Waals surface area contributed by atoms with Gasteiger partial charge in [0.2, 0.25) is 0 Å². The van der Waals surface area contributed by atoms with E-state index in [0.29, 0.717) is 0 Å². The SMILES string of the molecule is C/C=C/[C@](C)(CO)CCCO. The Bertz CT molecular complexity index is 121.